The lowest BCUT2D eigenvalue weighted by molar-refractivity contribution is -0.122. The number of carbonyl (C=O) groups is 2. The average molecular weight is 188 g/mol. The van der Waals surface area contributed by atoms with Crippen LogP contribution >= 0.6 is 0 Å². The second kappa shape index (κ2) is 6.38. The molecule has 0 heterocycles. The molecule has 0 aromatic carbocycles. The van der Waals surface area contributed by atoms with Gasteiger partial charge in [0.25, 0.3) is 0 Å². The lowest BCUT2D eigenvalue weighted by atomic mass is 10.1. The van der Waals surface area contributed by atoms with Crippen LogP contribution in [0.25, 0.3) is 0 Å². The summed E-state index contributed by atoms with van der Waals surface area (Å²) >= 11 is 0. The van der Waals surface area contributed by atoms with Crippen molar-refractivity contribution in [1.29, 1.82) is 0 Å². The van der Waals surface area contributed by atoms with Gasteiger partial charge in [-0.15, -0.1) is 0 Å². The molecule has 0 rings (SSSR count). The van der Waals surface area contributed by atoms with Gasteiger partial charge in [0.2, 0.25) is 11.8 Å². The first kappa shape index (κ1) is 11.9. The Balaban J connectivity index is 3.62. The molecule has 0 radical (unpaired) electrons. The van der Waals surface area contributed by atoms with Crippen molar-refractivity contribution in [2.75, 3.05) is 13.1 Å². The lowest BCUT2D eigenvalue weighted by Gasteiger charge is -2.09. The summed E-state index contributed by atoms with van der Waals surface area (Å²) in [5, 5.41) is 2.51. The van der Waals surface area contributed by atoms with E-state index in [0.717, 1.165) is 0 Å². The molecule has 7 N–H and O–H groups in total. The minimum Gasteiger partial charge on any atom is -0.370 e. The van der Waals surface area contributed by atoms with Crippen LogP contribution in [0.1, 0.15) is 12.8 Å². The first-order chi connectivity index (χ1) is 6.07. The zero-order valence-corrected chi connectivity index (χ0v) is 7.45. The number of carbonyl (C=O) groups excluding carboxylic acids is 2. The summed E-state index contributed by atoms with van der Waals surface area (Å²) in [7, 11) is 0. The maximum Gasteiger partial charge on any atom is 0.236 e. The summed E-state index contributed by atoms with van der Waals surface area (Å²) in [4.78, 5) is 21.4. The van der Waals surface area contributed by atoms with Crippen molar-refractivity contribution >= 4 is 11.8 Å². The van der Waals surface area contributed by atoms with E-state index in [1.165, 1.54) is 0 Å². The number of primary amides is 1. The molecule has 13 heavy (non-hydrogen) atoms. The zero-order chi connectivity index (χ0) is 10.3. The molecule has 0 aliphatic carbocycles. The van der Waals surface area contributed by atoms with Gasteiger partial charge in [-0.2, -0.15) is 0 Å². The van der Waals surface area contributed by atoms with Gasteiger partial charge in [-0.25, -0.2) is 0 Å². The van der Waals surface area contributed by atoms with Crippen molar-refractivity contribution in [1.82, 2.24) is 5.32 Å². The van der Waals surface area contributed by atoms with Crippen LogP contribution in [0.4, 0.5) is 0 Å². The van der Waals surface area contributed by atoms with Gasteiger partial charge in [-0.3, -0.25) is 9.59 Å². The predicted molar refractivity (Wildman–Crippen MR) is 48.5 cm³/mol. The van der Waals surface area contributed by atoms with Crippen molar-refractivity contribution in [2.45, 2.75) is 18.9 Å². The molecule has 0 bridgehead atoms. The van der Waals surface area contributed by atoms with Gasteiger partial charge in [-0.1, -0.05) is 0 Å². The van der Waals surface area contributed by atoms with Gasteiger partial charge in [0.05, 0.1) is 6.04 Å². The van der Waals surface area contributed by atoms with Crippen LogP contribution in [0, 0.1) is 0 Å². The summed E-state index contributed by atoms with van der Waals surface area (Å²) in [6, 6.07) is -0.681. The van der Waals surface area contributed by atoms with E-state index < -0.39 is 11.9 Å². The van der Waals surface area contributed by atoms with Crippen LogP contribution in [-0.4, -0.2) is 30.9 Å². The Morgan fingerprint density at radius 1 is 1.38 bits per heavy atom. The quantitative estimate of drug-likeness (QED) is 0.372. The zero-order valence-electron chi connectivity index (χ0n) is 7.45. The fourth-order valence-corrected chi connectivity index (χ4v) is 0.755. The third-order valence-electron chi connectivity index (χ3n) is 1.48. The molecule has 6 heteroatoms. The maximum absolute atomic E-state index is 11.1. The van der Waals surface area contributed by atoms with Gasteiger partial charge >= 0.3 is 0 Å². The second-order valence-corrected chi connectivity index (χ2v) is 2.69. The molecule has 6 nitrogen and oxygen atoms in total. The Morgan fingerprint density at radius 3 is 2.46 bits per heavy atom. The molecule has 0 aliphatic rings. The van der Waals surface area contributed by atoms with Gasteiger partial charge in [0, 0.05) is 19.5 Å². The molecular formula is C7H16N4O2. The Kier molecular flexibility index (Phi) is 5.82. The largest absolute Gasteiger partial charge is 0.370 e. The SMILES string of the molecule is NCCNC(=O)[C@@H](N)CCC(N)=O. The highest BCUT2D eigenvalue weighted by molar-refractivity contribution is 5.82. The van der Waals surface area contributed by atoms with Crippen molar-refractivity contribution in [3.63, 3.8) is 0 Å². The second-order valence-electron chi connectivity index (χ2n) is 2.69. The number of amides is 2. The molecule has 0 aromatic heterocycles. The van der Waals surface area contributed by atoms with E-state index in [9.17, 15) is 9.59 Å². The number of nitrogens with two attached hydrogens (primary N) is 3. The molecule has 0 aliphatic heterocycles. The van der Waals surface area contributed by atoms with E-state index in [2.05, 4.69) is 5.32 Å². The van der Waals surface area contributed by atoms with Crippen LogP contribution in [0.2, 0.25) is 0 Å². The highest BCUT2D eigenvalue weighted by Gasteiger charge is 2.12. The smallest absolute Gasteiger partial charge is 0.236 e. The van der Waals surface area contributed by atoms with Crippen LogP contribution in [-0.2, 0) is 9.59 Å². The van der Waals surface area contributed by atoms with Crippen LogP contribution in [0.15, 0.2) is 0 Å². The van der Waals surface area contributed by atoms with Crippen molar-refractivity contribution in [3.05, 3.63) is 0 Å². The Hall–Kier alpha value is -1.14. The molecule has 1 atom stereocenters. The number of nitrogens with one attached hydrogen (secondary N) is 1. The number of hydrogen-bond donors (Lipinski definition) is 4. The van der Waals surface area contributed by atoms with E-state index in [4.69, 9.17) is 17.2 Å². The maximum atomic E-state index is 11.1. The minimum atomic E-state index is -0.681. The van der Waals surface area contributed by atoms with Gasteiger partial charge in [-0.05, 0) is 6.42 Å². The van der Waals surface area contributed by atoms with E-state index in [0.29, 0.717) is 13.1 Å². The normalized spacial score (nSPS) is 12.2. The Bertz CT molecular complexity index is 183. The van der Waals surface area contributed by atoms with E-state index in [1.807, 2.05) is 0 Å². The monoisotopic (exact) mass is 188 g/mol. The summed E-state index contributed by atoms with van der Waals surface area (Å²) in [5.41, 5.74) is 15.5. The topological polar surface area (TPSA) is 124 Å². The summed E-state index contributed by atoms with van der Waals surface area (Å²) in [5.74, 6) is -0.756. The number of hydrogen-bond acceptors (Lipinski definition) is 4. The molecule has 0 unspecified atom stereocenters. The number of rotatable bonds is 6. The third kappa shape index (κ3) is 6.06. The molecule has 2 amide bonds. The fraction of sp³-hybridized carbons (Fsp3) is 0.714. The summed E-state index contributed by atoms with van der Waals surface area (Å²) in [6.07, 6.45) is 0.392. The highest BCUT2D eigenvalue weighted by atomic mass is 16.2. The predicted octanol–water partition coefficient (Wildman–Crippen LogP) is -2.35. The van der Waals surface area contributed by atoms with Gasteiger partial charge in [0.1, 0.15) is 0 Å². The van der Waals surface area contributed by atoms with Crippen molar-refractivity contribution < 1.29 is 9.59 Å². The van der Waals surface area contributed by atoms with Crippen molar-refractivity contribution in [2.24, 2.45) is 17.2 Å². The van der Waals surface area contributed by atoms with Crippen molar-refractivity contribution in [3.8, 4) is 0 Å². The Morgan fingerprint density at radius 2 is 2.00 bits per heavy atom. The standard InChI is InChI=1S/C7H16N4O2/c8-3-4-11-7(13)5(9)1-2-6(10)12/h5H,1-4,8-9H2,(H2,10,12)(H,11,13)/t5-/m0/s1. The molecule has 0 saturated carbocycles. The van der Waals surface area contributed by atoms with E-state index >= 15 is 0 Å². The lowest BCUT2D eigenvalue weighted by Crippen LogP contribution is -2.42. The average Bonchev–Trinajstić information content (AvgIpc) is 2.10. The molecule has 0 saturated heterocycles. The fourth-order valence-electron chi connectivity index (χ4n) is 0.755. The van der Waals surface area contributed by atoms with E-state index in [-0.39, 0.29) is 18.7 Å². The summed E-state index contributed by atoms with van der Waals surface area (Å²) in [6.45, 7) is 0.761. The summed E-state index contributed by atoms with van der Waals surface area (Å²) < 4.78 is 0. The molecular weight excluding hydrogens is 172 g/mol. The first-order valence-electron chi connectivity index (χ1n) is 4.09. The highest BCUT2D eigenvalue weighted by Crippen LogP contribution is 1.93. The molecule has 0 spiro atoms. The molecule has 0 aromatic rings. The first-order valence-corrected chi connectivity index (χ1v) is 4.09. The van der Waals surface area contributed by atoms with Crippen LogP contribution < -0.4 is 22.5 Å². The van der Waals surface area contributed by atoms with Crippen LogP contribution in [0.3, 0.4) is 0 Å². The van der Waals surface area contributed by atoms with E-state index in [1.54, 1.807) is 0 Å². The molecule has 76 valence electrons. The van der Waals surface area contributed by atoms with Gasteiger partial charge < -0.3 is 22.5 Å². The third-order valence-corrected chi connectivity index (χ3v) is 1.48. The minimum absolute atomic E-state index is 0.122. The van der Waals surface area contributed by atoms with Gasteiger partial charge in [0.15, 0.2) is 0 Å². The van der Waals surface area contributed by atoms with Crippen LogP contribution in [0.5, 0.6) is 0 Å². The molecule has 0 fully saturated rings. The Labute approximate surface area is 76.8 Å².